The molecule has 0 saturated carbocycles. The van der Waals surface area contributed by atoms with Gasteiger partial charge in [-0.1, -0.05) is 43.1 Å². The van der Waals surface area contributed by atoms with Gasteiger partial charge >= 0.3 is 12.0 Å². The molecule has 19 heavy (non-hydrogen) atoms. The van der Waals surface area contributed by atoms with E-state index in [4.69, 9.17) is 28.3 Å². The summed E-state index contributed by atoms with van der Waals surface area (Å²) in [6, 6.07) is 3.16. The summed E-state index contributed by atoms with van der Waals surface area (Å²) in [7, 11) is 0. The van der Waals surface area contributed by atoms with E-state index in [0.717, 1.165) is 0 Å². The summed E-state index contributed by atoms with van der Waals surface area (Å²) in [6.07, 6.45) is 0. The van der Waals surface area contributed by atoms with Gasteiger partial charge in [-0.3, -0.25) is 0 Å². The van der Waals surface area contributed by atoms with Crippen LogP contribution in [0, 0.1) is 5.92 Å². The van der Waals surface area contributed by atoms with Crippen LogP contribution in [0.5, 0.6) is 0 Å². The molecular formula is C12H14Cl2N2O3. The Bertz CT molecular complexity index is 492. The average Bonchev–Trinajstić information content (AvgIpc) is 2.31. The predicted octanol–water partition coefficient (Wildman–Crippen LogP) is 3.22. The van der Waals surface area contributed by atoms with Crippen LogP contribution in [0.15, 0.2) is 18.2 Å². The van der Waals surface area contributed by atoms with E-state index in [1.54, 1.807) is 32.0 Å². The lowest BCUT2D eigenvalue weighted by atomic mass is 10.1. The molecule has 3 N–H and O–H groups in total. The average molecular weight is 305 g/mol. The lowest BCUT2D eigenvalue weighted by Crippen LogP contribution is -2.46. The first kappa shape index (κ1) is 15.6. The molecular weight excluding hydrogens is 291 g/mol. The van der Waals surface area contributed by atoms with Crippen LogP contribution in [-0.2, 0) is 4.79 Å². The molecule has 0 bridgehead atoms. The number of carbonyl (C=O) groups is 2. The van der Waals surface area contributed by atoms with Crippen molar-refractivity contribution in [1.29, 1.82) is 0 Å². The number of halogens is 2. The van der Waals surface area contributed by atoms with Crippen LogP contribution in [0.3, 0.4) is 0 Å². The Hall–Kier alpha value is -1.46. The molecule has 1 aromatic carbocycles. The van der Waals surface area contributed by atoms with Crippen molar-refractivity contribution in [2.24, 2.45) is 5.92 Å². The van der Waals surface area contributed by atoms with E-state index in [1.807, 2.05) is 0 Å². The second-order valence-electron chi connectivity index (χ2n) is 4.26. The van der Waals surface area contributed by atoms with E-state index in [0.29, 0.717) is 10.7 Å². The highest BCUT2D eigenvalue weighted by Gasteiger charge is 2.23. The molecule has 0 aromatic heterocycles. The summed E-state index contributed by atoms with van der Waals surface area (Å²) in [5.41, 5.74) is 0.319. The van der Waals surface area contributed by atoms with Crippen molar-refractivity contribution in [3.8, 4) is 0 Å². The van der Waals surface area contributed by atoms with Crippen LogP contribution in [0.25, 0.3) is 0 Å². The summed E-state index contributed by atoms with van der Waals surface area (Å²) in [6.45, 7) is 3.40. The number of carbonyl (C=O) groups excluding carboxylic acids is 1. The third kappa shape index (κ3) is 4.29. The summed E-state index contributed by atoms with van der Waals surface area (Å²) < 4.78 is 0. The van der Waals surface area contributed by atoms with Gasteiger partial charge in [0, 0.05) is 0 Å². The smallest absolute Gasteiger partial charge is 0.326 e. The van der Waals surface area contributed by atoms with Crippen LogP contribution in [-0.4, -0.2) is 23.1 Å². The van der Waals surface area contributed by atoms with Gasteiger partial charge in [0.1, 0.15) is 6.04 Å². The molecule has 1 rings (SSSR count). The highest BCUT2D eigenvalue weighted by atomic mass is 35.5. The first-order valence-corrected chi connectivity index (χ1v) is 6.33. The standard InChI is InChI=1S/C12H14Cl2N2O3/c1-6(2)10(11(17)18)16-12(19)15-8-5-3-4-7(13)9(8)14/h3-6,10H,1-2H3,(H,17,18)(H2,15,16,19). The highest BCUT2D eigenvalue weighted by molar-refractivity contribution is 6.43. The van der Waals surface area contributed by atoms with Gasteiger partial charge in [-0.05, 0) is 18.1 Å². The zero-order valence-corrected chi connectivity index (χ0v) is 11.9. The number of carboxylic acids is 1. The third-order valence-corrected chi connectivity index (χ3v) is 3.24. The van der Waals surface area contributed by atoms with Crippen molar-refractivity contribution in [2.75, 3.05) is 5.32 Å². The zero-order chi connectivity index (χ0) is 14.6. The quantitative estimate of drug-likeness (QED) is 0.799. The van der Waals surface area contributed by atoms with Crippen LogP contribution < -0.4 is 10.6 Å². The first-order valence-electron chi connectivity index (χ1n) is 5.57. The maximum atomic E-state index is 11.7. The van der Waals surface area contributed by atoms with Crippen LogP contribution in [0.1, 0.15) is 13.8 Å². The molecule has 104 valence electrons. The van der Waals surface area contributed by atoms with Crippen molar-refractivity contribution in [3.05, 3.63) is 28.2 Å². The molecule has 1 aromatic rings. The van der Waals surface area contributed by atoms with Gasteiger partial charge in [0.25, 0.3) is 0 Å². The largest absolute Gasteiger partial charge is 0.480 e. The van der Waals surface area contributed by atoms with E-state index in [1.165, 1.54) is 0 Å². The lowest BCUT2D eigenvalue weighted by molar-refractivity contribution is -0.140. The Morgan fingerprint density at radius 2 is 1.89 bits per heavy atom. The van der Waals surface area contributed by atoms with Gasteiger partial charge in [-0.2, -0.15) is 0 Å². The van der Waals surface area contributed by atoms with Crippen LogP contribution >= 0.6 is 23.2 Å². The van der Waals surface area contributed by atoms with Crippen molar-refractivity contribution in [1.82, 2.24) is 5.32 Å². The van der Waals surface area contributed by atoms with E-state index < -0.39 is 18.0 Å². The van der Waals surface area contributed by atoms with Crippen molar-refractivity contribution in [2.45, 2.75) is 19.9 Å². The van der Waals surface area contributed by atoms with Crippen molar-refractivity contribution >= 4 is 40.9 Å². The number of rotatable bonds is 4. The van der Waals surface area contributed by atoms with E-state index in [-0.39, 0.29) is 10.9 Å². The number of hydrogen-bond donors (Lipinski definition) is 3. The lowest BCUT2D eigenvalue weighted by Gasteiger charge is -2.18. The molecule has 5 nitrogen and oxygen atoms in total. The third-order valence-electron chi connectivity index (χ3n) is 2.42. The number of hydrogen-bond acceptors (Lipinski definition) is 2. The van der Waals surface area contributed by atoms with E-state index >= 15 is 0 Å². The molecule has 0 aliphatic rings. The molecule has 1 unspecified atom stereocenters. The Morgan fingerprint density at radius 3 is 2.42 bits per heavy atom. The minimum Gasteiger partial charge on any atom is -0.480 e. The van der Waals surface area contributed by atoms with Crippen molar-refractivity contribution in [3.63, 3.8) is 0 Å². The molecule has 2 amide bonds. The number of nitrogens with one attached hydrogen (secondary N) is 2. The Labute approximate surface area is 120 Å². The SMILES string of the molecule is CC(C)C(NC(=O)Nc1cccc(Cl)c1Cl)C(=O)O. The molecule has 0 fully saturated rings. The Morgan fingerprint density at radius 1 is 1.26 bits per heavy atom. The maximum absolute atomic E-state index is 11.7. The first-order chi connectivity index (χ1) is 8.82. The Kier molecular flexibility index (Phi) is 5.44. The number of amides is 2. The second-order valence-corrected chi connectivity index (χ2v) is 5.04. The van der Waals surface area contributed by atoms with Gasteiger partial charge < -0.3 is 15.7 Å². The molecule has 0 spiro atoms. The monoisotopic (exact) mass is 304 g/mol. The number of benzene rings is 1. The fourth-order valence-electron chi connectivity index (χ4n) is 1.41. The predicted molar refractivity (Wildman–Crippen MR) is 74.9 cm³/mol. The fourth-order valence-corrected chi connectivity index (χ4v) is 1.76. The molecule has 0 saturated heterocycles. The van der Waals surface area contributed by atoms with Gasteiger partial charge in [0.2, 0.25) is 0 Å². The zero-order valence-electron chi connectivity index (χ0n) is 10.4. The summed E-state index contributed by atoms with van der Waals surface area (Å²) >= 11 is 11.7. The molecule has 0 aliphatic carbocycles. The van der Waals surface area contributed by atoms with Gasteiger partial charge in [-0.15, -0.1) is 0 Å². The summed E-state index contributed by atoms with van der Waals surface area (Å²) in [5, 5.41) is 14.3. The highest BCUT2D eigenvalue weighted by Crippen LogP contribution is 2.29. The van der Waals surface area contributed by atoms with Crippen LogP contribution in [0.2, 0.25) is 10.0 Å². The second kappa shape index (κ2) is 6.63. The fraction of sp³-hybridized carbons (Fsp3) is 0.333. The number of carboxylic acid groups (broad SMARTS) is 1. The maximum Gasteiger partial charge on any atom is 0.326 e. The van der Waals surface area contributed by atoms with Gasteiger partial charge in [-0.25, -0.2) is 9.59 Å². The van der Waals surface area contributed by atoms with Crippen molar-refractivity contribution < 1.29 is 14.7 Å². The topological polar surface area (TPSA) is 78.4 Å². The van der Waals surface area contributed by atoms with Gasteiger partial charge in [0.15, 0.2) is 0 Å². The normalized spacial score (nSPS) is 12.1. The Balaban J connectivity index is 2.75. The molecule has 0 radical (unpaired) electrons. The summed E-state index contributed by atoms with van der Waals surface area (Å²) in [5.74, 6) is -1.33. The molecule has 0 aliphatic heterocycles. The minimum absolute atomic E-state index is 0.204. The number of anilines is 1. The van der Waals surface area contributed by atoms with Crippen LogP contribution in [0.4, 0.5) is 10.5 Å². The van der Waals surface area contributed by atoms with E-state index in [2.05, 4.69) is 10.6 Å². The summed E-state index contributed by atoms with van der Waals surface area (Å²) in [4.78, 5) is 22.7. The van der Waals surface area contributed by atoms with E-state index in [9.17, 15) is 9.59 Å². The molecule has 0 heterocycles. The molecule has 7 heteroatoms. The number of aliphatic carboxylic acids is 1. The minimum atomic E-state index is -1.10. The number of urea groups is 1. The molecule has 1 atom stereocenters. The van der Waals surface area contributed by atoms with Gasteiger partial charge in [0.05, 0.1) is 15.7 Å².